The zero-order valence-electron chi connectivity index (χ0n) is 11.1. The second-order valence-electron chi connectivity index (χ2n) is 4.34. The van der Waals surface area contributed by atoms with E-state index in [0.717, 1.165) is 4.90 Å². The molecule has 3 unspecified atom stereocenters. The second-order valence-corrected chi connectivity index (χ2v) is 4.34. The highest BCUT2D eigenvalue weighted by atomic mass is 16.4. The van der Waals surface area contributed by atoms with Crippen LogP contribution in [0.5, 0.6) is 0 Å². The Morgan fingerprint density at radius 3 is 2.17 bits per heavy atom. The fraction of sp³-hybridized carbons (Fsp3) is 0.727. The first-order valence-electron chi connectivity index (χ1n) is 5.77. The maximum absolute atomic E-state index is 12.1. The van der Waals surface area contributed by atoms with Crippen LogP contribution in [0.2, 0.25) is 0 Å². The molecule has 0 saturated carbocycles. The fourth-order valence-corrected chi connectivity index (χ4v) is 1.41. The van der Waals surface area contributed by atoms with Gasteiger partial charge in [-0.15, -0.1) is 0 Å². The van der Waals surface area contributed by atoms with Crippen LogP contribution in [0.4, 0.5) is 4.79 Å². The number of amides is 3. The van der Waals surface area contributed by atoms with E-state index in [4.69, 9.17) is 10.8 Å². The third-order valence-corrected chi connectivity index (χ3v) is 3.06. The van der Waals surface area contributed by atoms with Gasteiger partial charge in [0, 0.05) is 7.05 Å². The van der Waals surface area contributed by atoms with Gasteiger partial charge in [0.2, 0.25) is 5.91 Å². The molecule has 104 valence electrons. The number of carbonyl (C=O) groups is 3. The summed E-state index contributed by atoms with van der Waals surface area (Å²) in [5, 5.41) is 11.2. The van der Waals surface area contributed by atoms with Gasteiger partial charge >= 0.3 is 12.0 Å². The minimum Gasteiger partial charge on any atom is -0.480 e. The van der Waals surface area contributed by atoms with E-state index in [1.807, 2.05) is 6.92 Å². The van der Waals surface area contributed by atoms with E-state index in [0.29, 0.717) is 6.42 Å². The van der Waals surface area contributed by atoms with Gasteiger partial charge in [-0.2, -0.15) is 0 Å². The number of primary amides is 1. The minimum atomic E-state index is -1.10. The van der Waals surface area contributed by atoms with E-state index in [-0.39, 0.29) is 5.92 Å². The average Bonchev–Trinajstić information content (AvgIpc) is 2.31. The van der Waals surface area contributed by atoms with Gasteiger partial charge < -0.3 is 21.1 Å². The molecule has 0 aliphatic rings. The Morgan fingerprint density at radius 1 is 1.33 bits per heavy atom. The number of hydrogen-bond acceptors (Lipinski definition) is 3. The zero-order valence-corrected chi connectivity index (χ0v) is 11.1. The summed E-state index contributed by atoms with van der Waals surface area (Å²) < 4.78 is 0. The molecule has 0 heterocycles. The second kappa shape index (κ2) is 6.83. The molecular weight excluding hydrogens is 238 g/mol. The Labute approximate surface area is 106 Å². The molecule has 0 rings (SSSR count). The van der Waals surface area contributed by atoms with Crippen molar-refractivity contribution in [2.45, 2.75) is 39.3 Å². The number of nitrogens with one attached hydrogen (secondary N) is 1. The Morgan fingerprint density at radius 2 is 1.83 bits per heavy atom. The molecule has 0 spiro atoms. The normalized spacial score (nSPS) is 15.3. The molecule has 0 aromatic heterocycles. The lowest BCUT2D eigenvalue weighted by Gasteiger charge is -2.29. The summed E-state index contributed by atoms with van der Waals surface area (Å²) >= 11 is 0. The highest BCUT2D eigenvalue weighted by Gasteiger charge is 2.31. The molecule has 0 aliphatic heterocycles. The number of rotatable bonds is 6. The van der Waals surface area contributed by atoms with Crippen LogP contribution in [-0.2, 0) is 9.59 Å². The highest BCUT2D eigenvalue weighted by molar-refractivity contribution is 5.89. The van der Waals surface area contributed by atoms with Crippen molar-refractivity contribution in [1.82, 2.24) is 10.2 Å². The van der Waals surface area contributed by atoms with Gasteiger partial charge in [0.25, 0.3) is 0 Å². The van der Waals surface area contributed by atoms with Crippen LogP contribution in [0.15, 0.2) is 0 Å². The van der Waals surface area contributed by atoms with Crippen LogP contribution in [0.25, 0.3) is 0 Å². The fourth-order valence-electron chi connectivity index (χ4n) is 1.41. The first-order chi connectivity index (χ1) is 8.22. The molecule has 3 amide bonds. The first-order valence-corrected chi connectivity index (χ1v) is 5.77. The number of nitrogens with two attached hydrogens (primary N) is 1. The summed E-state index contributed by atoms with van der Waals surface area (Å²) in [6.45, 7) is 5.06. The first kappa shape index (κ1) is 16.2. The Balaban J connectivity index is 4.95. The number of urea groups is 1. The smallest absolute Gasteiger partial charge is 0.326 e. The van der Waals surface area contributed by atoms with Gasteiger partial charge in [-0.3, -0.25) is 4.79 Å². The molecule has 0 bridgehead atoms. The van der Waals surface area contributed by atoms with Crippen molar-refractivity contribution in [1.29, 1.82) is 0 Å². The van der Waals surface area contributed by atoms with Gasteiger partial charge in [-0.25, -0.2) is 9.59 Å². The van der Waals surface area contributed by atoms with E-state index < -0.39 is 30.0 Å². The van der Waals surface area contributed by atoms with Gasteiger partial charge in [0.15, 0.2) is 0 Å². The largest absolute Gasteiger partial charge is 0.480 e. The topological polar surface area (TPSA) is 113 Å². The van der Waals surface area contributed by atoms with Crippen molar-refractivity contribution in [2.24, 2.45) is 11.7 Å². The predicted octanol–water partition coefficient (Wildman–Crippen LogP) is 0.000900. The Kier molecular flexibility index (Phi) is 6.15. The van der Waals surface area contributed by atoms with Crippen LogP contribution >= 0.6 is 0 Å². The summed E-state index contributed by atoms with van der Waals surface area (Å²) in [6, 6.07) is -2.57. The predicted molar refractivity (Wildman–Crippen MR) is 65.8 cm³/mol. The average molecular weight is 259 g/mol. The highest BCUT2D eigenvalue weighted by Crippen LogP contribution is 2.11. The molecular formula is C11H21N3O4. The van der Waals surface area contributed by atoms with E-state index in [2.05, 4.69) is 5.32 Å². The number of carboxylic acid groups (broad SMARTS) is 1. The van der Waals surface area contributed by atoms with Crippen LogP contribution in [-0.4, -0.2) is 47.0 Å². The molecule has 3 atom stereocenters. The molecule has 0 radical (unpaired) electrons. The minimum absolute atomic E-state index is 0.131. The van der Waals surface area contributed by atoms with E-state index in [1.165, 1.54) is 14.0 Å². The van der Waals surface area contributed by atoms with Crippen molar-refractivity contribution in [3.05, 3.63) is 0 Å². The monoisotopic (exact) mass is 259 g/mol. The van der Waals surface area contributed by atoms with Crippen molar-refractivity contribution in [3.8, 4) is 0 Å². The number of aliphatic carboxylic acids is 1. The molecule has 4 N–H and O–H groups in total. The number of hydrogen-bond donors (Lipinski definition) is 3. The standard InChI is InChI=1S/C11H21N3O4/c1-5-6(2)8(13-11(12)18)9(15)14(4)7(3)10(16)17/h6-8H,5H2,1-4H3,(H,16,17)(H3,12,13,18). The van der Waals surface area contributed by atoms with Crippen LogP contribution < -0.4 is 11.1 Å². The van der Waals surface area contributed by atoms with E-state index >= 15 is 0 Å². The Hall–Kier alpha value is -1.79. The summed E-state index contributed by atoms with van der Waals surface area (Å²) in [5.74, 6) is -1.70. The molecule has 7 nitrogen and oxygen atoms in total. The van der Waals surface area contributed by atoms with Crippen molar-refractivity contribution < 1.29 is 19.5 Å². The summed E-state index contributed by atoms with van der Waals surface area (Å²) in [5.41, 5.74) is 5.02. The van der Waals surface area contributed by atoms with Crippen molar-refractivity contribution in [3.63, 3.8) is 0 Å². The maximum Gasteiger partial charge on any atom is 0.326 e. The number of carbonyl (C=O) groups excluding carboxylic acids is 2. The third-order valence-electron chi connectivity index (χ3n) is 3.06. The molecule has 0 aromatic carbocycles. The van der Waals surface area contributed by atoms with E-state index in [9.17, 15) is 14.4 Å². The molecule has 0 saturated heterocycles. The summed E-state index contributed by atoms with van der Waals surface area (Å²) in [7, 11) is 1.39. The van der Waals surface area contributed by atoms with E-state index in [1.54, 1.807) is 6.92 Å². The lowest BCUT2D eigenvalue weighted by Crippen LogP contribution is -2.55. The van der Waals surface area contributed by atoms with Crippen LogP contribution in [0.3, 0.4) is 0 Å². The Bertz CT molecular complexity index is 332. The van der Waals surface area contributed by atoms with Crippen LogP contribution in [0, 0.1) is 5.92 Å². The SMILES string of the molecule is CCC(C)C(NC(N)=O)C(=O)N(C)C(C)C(=O)O. The molecule has 0 aliphatic carbocycles. The summed E-state index contributed by atoms with van der Waals surface area (Å²) in [6.07, 6.45) is 0.659. The lowest BCUT2D eigenvalue weighted by atomic mass is 9.97. The van der Waals surface area contributed by atoms with Gasteiger partial charge in [-0.1, -0.05) is 20.3 Å². The molecule has 7 heteroatoms. The molecule has 0 fully saturated rings. The quantitative estimate of drug-likeness (QED) is 0.623. The zero-order chi connectivity index (χ0) is 14.5. The van der Waals surface area contributed by atoms with Gasteiger partial charge in [0.05, 0.1) is 0 Å². The van der Waals surface area contributed by atoms with Gasteiger partial charge in [0.1, 0.15) is 12.1 Å². The summed E-state index contributed by atoms with van der Waals surface area (Å²) in [4.78, 5) is 34.9. The lowest BCUT2D eigenvalue weighted by molar-refractivity contribution is -0.149. The van der Waals surface area contributed by atoms with Gasteiger partial charge in [-0.05, 0) is 12.8 Å². The van der Waals surface area contributed by atoms with Crippen molar-refractivity contribution >= 4 is 17.9 Å². The van der Waals surface area contributed by atoms with Crippen LogP contribution in [0.1, 0.15) is 27.2 Å². The molecule has 0 aromatic rings. The molecule has 18 heavy (non-hydrogen) atoms. The number of likely N-dealkylation sites (N-methyl/N-ethyl adjacent to an activating group) is 1. The number of nitrogens with zero attached hydrogens (tertiary/aromatic N) is 1. The number of carboxylic acids is 1. The maximum atomic E-state index is 12.1. The third kappa shape index (κ3) is 4.23. The van der Waals surface area contributed by atoms with Crippen molar-refractivity contribution in [2.75, 3.05) is 7.05 Å².